The van der Waals surface area contributed by atoms with Gasteiger partial charge in [0.15, 0.2) is 11.5 Å². The number of amides is 1. The summed E-state index contributed by atoms with van der Waals surface area (Å²) in [5.41, 5.74) is 2.55. The number of hydrogen-bond donors (Lipinski definition) is 1. The first-order valence-electron chi connectivity index (χ1n) is 10.9. The van der Waals surface area contributed by atoms with Gasteiger partial charge in [0.05, 0.1) is 17.3 Å². The van der Waals surface area contributed by atoms with Gasteiger partial charge in [0.2, 0.25) is 11.9 Å². The number of hydrogen-bond acceptors (Lipinski definition) is 7. The van der Waals surface area contributed by atoms with E-state index in [1.54, 1.807) is 15.4 Å². The zero-order chi connectivity index (χ0) is 22.9. The van der Waals surface area contributed by atoms with E-state index in [9.17, 15) is 4.79 Å². The number of nitrogens with zero attached hydrogens (tertiary/aromatic N) is 8. The minimum Gasteiger partial charge on any atom is -0.343 e. The normalized spacial score (nSPS) is 18.5. The van der Waals surface area contributed by atoms with E-state index in [1.807, 2.05) is 43.3 Å². The van der Waals surface area contributed by atoms with Gasteiger partial charge in [0.25, 0.3) is 0 Å². The number of carbonyl (C=O) groups excluding carboxylic acids is 1. The molecular weight excluding hydrogens is 486 g/mol. The van der Waals surface area contributed by atoms with Crippen LogP contribution in [0, 0.1) is 5.41 Å². The number of rotatable bonds is 4. The van der Waals surface area contributed by atoms with Crippen LogP contribution in [0.5, 0.6) is 0 Å². The van der Waals surface area contributed by atoms with Crippen LogP contribution in [-0.4, -0.2) is 84.3 Å². The molecule has 11 heteroatoms. The monoisotopic (exact) mass is 509 g/mol. The maximum Gasteiger partial charge on any atom is 0.244 e. The third-order valence-electron chi connectivity index (χ3n) is 6.51. The van der Waals surface area contributed by atoms with Gasteiger partial charge in [-0.05, 0) is 42.0 Å². The van der Waals surface area contributed by atoms with Crippen molar-refractivity contribution < 1.29 is 4.79 Å². The Labute approximate surface area is 198 Å². The lowest BCUT2D eigenvalue weighted by Gasteiger charge is -2.59. The minimum absolute atomic E-state index is 0.0740. The summed E-state index contributed by atoms with van der Waals surface area (Å²) in [4.78, 5) is 26.9. The molecule has 0 unspecified atom stereocenters. The number of likely N-dealkylation sites (tertiary alicyclic amines) is 2. The first kappa shape index (κ1) is 20.5. The third-order valence-corrected chi connectivity index (χ3v) is 7.15. The summed E-state index contributed by atoms with van der Waals surface area (Å²) in [6.45, 7) is 5.65. The second-order valence-corrected chi connectivity index (χ2v) is 10.2. The van der Waals surface area contributed by atoms with Gasteiger partial charge >= 0.3 is 0 Å². The third kappa shape index (κ3) is 3.29. The molecule has 2 aliphatic rings. The van der Waals surface area contributed by atoms with Crippen molar-refractivity contribution in [2.45, 2.75) is 13.0 Å². The van der Waals surface area contributed by atoms with Crippen molar-refractivity contribution >= 4 is 44.3 Å². The van der Waals surface area contributed by atoms with Crippen molar-refractivity contribution in [1.29, 1.82) is 0 Å². The lowest BCUT2D eigenvalue weighted by molar-refractivity contribution is -0.157. The second-order valence-electron chi connectivity index (χ2n) is 9.38. The molecule has 5 heterocycles. The van der Waals surface area contributed by atoms with E-state index >= 15 is 0 Å². The van der Waals surface area contributed by atoms with Crippen molar-refractivity contribution in [3.05, 3.63) is 35.1 Å². The van der Waals surface area contributed by atoms with Crippen LogP contribution in [0.2, 0.25) is 0 Å². The quantitative estimate of drug-likeness (QED) is 0.449. The lowest BCUT2D eigenvalue weighted by atomic mass is 9.73. The number of halogens is 1. The van der Waals surface area contributed by atoms with Gasteiger partial charge in [-0.25, -0.2) is 9.97 Å². The molecule has 1 N–H and O–H groups in total. The molecule has 0 radical (unpaired) electrons. The highest BCUT2D eigenvalue weighted by atomic mass is 79.9. The zero-order valence-corrected chi connectivity index (χ0v) is 20.2. The number of benzene rings is 1. The summed E-state index contributed by atoms with van der Waals surface area (Å²) in [6, 6.07) is 5.42. The summed E-state index contributed by atoms with van der Waals surface area (Å²) < 4.78 is 4.25. The van der Waals surface area contributed by atoms with E-state index in [2.05, 4.69) is 38.3 Å². The van der Waals surface area contributed by atoms with Crippen molar-refractivity contribution in [3.8, 4) is 11.4 Å². The van der Waals surface area contributed by atoms with E-state index in [1.165, 1.54) is 0 Å². The Morgan fingerprint density at radius 1 is 1.18 bits per heavy atom. The largest absolute Gasteiger partial charge is 0.343 e. The fraction of sp³-hybridized carbons (Fsp3) is 0.409. The highest BCUT2D eigenvalue weighted by molar-refractivity contribution is 9.10. The molecule has 1 aromatic carbocycles. The number of para-hydroxylation sites is 1. The van der Waals surface area contributed by atoms with Crippen LogP contribution in [0.3, 0.4) is 0 Å². The molecule has 2 fully saturated rings. The first-order chi connectivity index (χ1) is 15.8. The molecule has 4 aromatic rings. The molecule has 3 aromatic heterocycles. The average molecular weight is 510 g/mol. The van der Waals surface area contributed by atoms with Gasteiger partial charge in [-0.15, -0.1) is 5.10 Å². The van der Waals surface area contributed by atoms with E-state index in [0.717, 1.165) is 47.1 Å². The van der Waals surface area contributed by atoms with Crippen molar-refractivity contribution in [2.24, 2.45) is 12.5 Å². The van der Waals surface area contributed by atoms with Gasteiger partial charge in [0.1, 0.15) is 6.04 Å². The number of fused-ring (bicyclic) bond motifs is 3. The Balaban J connectivity index is 1.35. The predicted molar refractivity (Wildman–Crippen MR) is 128 cm³/mol. The molecule has 2 saturated heterocycles. The minimum atomic E-state index is -0.443. The summed E-state index contributed by atoms with van der Waals surface area (Å²) in [6.07, 6.45) is 3.61. The van der Waals surface area contributed by atoms with Crippen LogP contribution in [-0.2, 0) is 11.8 Å². The standard InChI is InChI=1S/C22H24BrN9O/c1-13(20(33)31-11-22(12-31)9-29(2)10-22)25-21-26-17-15(5-4-6-16(17)23)19-27-18(28-32(19)21)14-7-24-30(3)8-14/h4-8,13H,9-12H2,1-3H3,(H,25,26)/t13-/m1/s1. The molecule has 6 rings (SSSR count). The van der Waals surface area contributed by atoms with E-state index in [4.69, 9.17) is 15.1 Å². The average Bonchev–Trinajstić information content (AvgIpc) is 3.36. The molecule has 0 saturated carbocycles. The molecule has 1 atom stereocenters. The molecule has 10 nitrogen and oxygen atoms in total. The predicted octanol–water partition coefficient (Wildman–Crippen LogP) is 2.01. The van der Waals surface area contributed by atoms with Crippen LogP contribution in [0.4, 0.5) is 5.95 Å². The lowest BCUT2D eigenvalue weighted by Crippen LogP contribution is -2.72. The van der Waals surface area contributed by atoms with Crippen LogP contribution in [0.1, 0.15) is 6.92 Å². The van der Waals surface area contributed by atoms with Crippen molar-refractivity contribution in [2.75, 3.05) is 38.5 Å². The van der Waals surface area contributed by atoms with Gasteiger partial charge in [-0.1, -0.05) is 6.07 Å². The van der Waals surface area contributed by atoms with Gasteiger partial charge < -0.3 is 15.1 Å². The molecule has 33 heavy (non-hydrogen) atoms. The molecule has 1 amide bonds. The Bertz CT molecular complexity index is 1400. The molecule has 1 spiro atoms. The van der Waals surface area contributed by atoms with Crippen molar-refractivity contribution in [1.82, 2.24) is 39.2 Å². The molecule has 0 aliphatic carbocycles. The zero-order valence-electron chi connectivity index (χ0n) is 18.7. The summed E-state index contributed by atoms with van der Waals surface area (Å²) in [5, 5.41) is 13.1. The molecule has 0 bridgehead atoms. The fourth-order valence-corrected chi connectivity index (χ4v) is 5.55. The van der Waals surface area contributed by atoms with Crippen molar-refractivity contribution in [3.63, 3.8) is 0 Å². The SMILES string of the molecule is C[C@@H](Nc1nc2c(Br)cccc2c2nc(-c3cnn(C)c3)nn12)C(=O)N1CC2(CN(C)C2)C1. The smallest absolute Gasteiger partial charge is 0.244 e. The Kier molecular flexibility index (Phi) is 4.50. The molecule has 170 valence electrons. The van der Waals surface area contributed by atoms with Gasteiger partial charge in [-0.3, -0.25) is 9.48 Å². The Morgan fingerprint density at radius 3 is 2.67 bits per heavy atom. The number of aromatic nitrogens is 6. The number of carbonyl (C=O) groups is 1. The molecular formula is C22H24BrN9O. The highest BCUT2D eigenvalue weighted by Crippen LogP contribution is 2.39. The topological polar surface area (TPSA) is 96.5 Å². The summed E-state index contributed by atoms with van der Waals surface area (Å²) >= 11 is 3.60. The van der Waals surface area contributed by atoms with Crippen LogP contribution < -0.4 is 5.32 Å². The van der Waals surface area contributed by atoms with Crippen LogP contribution in [0.15, 0.2) is 35.1 Å². The van der Waals surface area contributed by atoms with Gasteiger partial charge in [0, 0.05) is 54.7 Å². The Morgan fingerprint density at radius 2 is 1.97 bits per heavy atom. The maximum absolute atomic E-state index is 13.1. The van der Waals surface area contributed by atoms with Crippen LogP contribution in [0.25, 0.3) is 27.9 Å². The number of nitrogens with one attached hydrogen (secondary N) is 1. The van der Waals surface area contributed by atoms with E-state index in [0.29, 0.717) is 22.8 Å². The highest BCUT2D eigenvalue weighted by Gasteiger charge is 2.52. The van der Waals surface area contributed by atoms with Gasteiger partial charge in [-0.2, -0.15) is 9.61 Å². The van der Waals surface area contributed by atoms with E-state index < -0.39 is 6.04 Å². The second kappa shape index (κ2) is 7.22. The maximum atomic E-state index is 13.1. The fourth-order valence-electron chi connectivity index (χ4n) is 5.10. The van der Waals surface area contributed by atoms with Crippen LogP contribution >= 0.6 is 15.9 Å². The molecule has 2 aliphatic heterocycles. The number of aryl methyl sites for hydroxylation is 1. The summed E-state index contributed by atoms with van der Waals surface area (Å²) in [5.74, 6) is 1.11. The first-order valence-corrected chi connectivity index (χ1v) is 11.7. The summed E-state index contributed by atoms with van der Waals surface area (Å²) in [7, 11) is 3.97. The Hall–Kier alpha value is -3.05. The number of anilines is 1. The van der Waals surface area contributed by atoms with E-state index in [-0.39, 0.29) is 5.91 Å².